The first-order valence-electron chi connectivity index (χ1n) is 5.16. The Labute approximate surface area is 88.3 Å². The minimum Gasteiger partial charge on any atom is -0.327 e. The minimum absolute atomic E-state index is 0. The smallest absolute Gasteiger partial charge is 0.0168 e. The Balaban J connectivity index is 0.00000144. The maximum atomic E-state index is 5.89. The summed E-state index contributed by atoms with van der Waals surface area (Å²) < 4.78 is 0. The van der Waals surface area contributed by atoms with Crippen LogP contribution in [0, 0.1) is 5.92 Å². The van der Waals surface area contributed by atoms with E-state index in [1.165, 1.54) is 32.4 Å². The molecule has 2 nitrogen and oxygen atoms in total. The Morgan fingerprint density at radius 2 is 2.15 bits per heavy atom. The molecule has 0 unspecified atom stereocenters. The lowest BCUT2D eigenvalue weighted by Crippen LogP contribution is -2.43. The van der Waals surface area contributed by atoms with Crippen LogP contribution >= 0.6 is 12.4 Å². The van der Waals surface area contributed by atoms with Crippen molar-refractivity contribution in [1.82, 2.24) is 4.90 Å². The molecule has 3 heteroatoms. The Morgan fingerprint density at radius 3 is 2.69 bits per heavy atom. The minimum atomic E-state index is 0. The first-order valence-corrected chi connectivity index (χ1v) is 5.16. The lowest BCUT2D eigenvalue weighted by molar-refractivity contribution is 0.199. The van der Waals surface area contributed by atoms with E-state index in [0.717, 1.165) is 12.5 Å². The zero-order chi connectivity index (χ0) is 8.97. The van der Waals surface area contributed by atoms with Crippen LogP contribution in [0.3, 0.4) is 0 Å². The van der Waals surface area contributed by atoms with Crippen molar-refractivity contribution in [1.29, 1.82) is 0 Å². The van der Waals surface area contributed by atoms with E-state index in [9.17, 15) is 0 Å². The molecular formula is C10H23ClN2. The summed E-state index contributed by atoms with van der Waals surface area (Å²) in [5.74, 6) is 0.822. The summed E-state index contributed by atoms with van der Waals surface area (Å²) in [6, 6.07) is 0.436. The lowest BCUT2D eigenvalue weighted by atomic mass is 10.1. The molecular weight excluding hydrogens is 184 g/mol. The average molecular weight is 207 g/mol. The zero-order valence-electron chi connectivity index (χ0n) is 8.83. The summed E-state index contributed by atoms with van der Waals surface area (Å²) in [6.07, 6.45) is 3.82. The third kappa shape index (κ3) is 5.50. The fourth-order valence-corrected chi connectivity index (χ4v) is 1.74. The van der Waals surface area contributed by atoms with E-state index < -0.39 is 0 Å². The van der Waals surface area contributed by atoms with Crippen LogP contribution in [-0.2, 0) is 0 Å². The molecule has 0 amide bonds. The quantitative estimate of drug-likeness (QED) is 0.764. The summed E-state index contributed by atoms with van der Waals surface area (Å²) >= 11 is 0. The van der Waals surface area contributed by atoms with Gasteiger partial charge in [0.2, 0.25) is 0 Å². The van der Waals surface area contributed by atoms with Crippen LogP contribution in [0.4, 0.5) is 0 Å². The summed E-state index contributed by atoms with van der Waals surface area (Å²) in [5.41, 5.74) is 5.89. The molecule has 1 saturated heterocycles. The largest absolute Gasteiger partial charge is 0.327 e. The van der Waals surface area contributed by atoms with Crippen LogP contribution in [0.1, 0.15) is 33.1 Å². The van der Waals surface area contributed by atoms with Crippen LogP contribution < -0.4 is 5.73 Å². The molecule has 1 aliphatic rings. The van der Waals surface area contributed by atoms with Crippen LogP contribution in [-0.4, -0.2) is 30.6 Å². The van der Waals surface area contributed by atoms with Gasteiger partial charge in [-0.25, -0.2) is 0 Å². The van der Waals surface area contributed by atoms with Gasteiger partial charge < -0.3 is 10.6 Å². The van der Waals surface area contributed by atoms with Crippen LogP contribution in [0.15, 0.2) is 0 Å². The third-order valence-electron chi connectivity index (χ3n) is 2.56. The molecule has 0 aromatic carbocycles. The predicted molar refractivity (Wildman–Crippen MR) is 60.4 cm³/mol. The van der Waals surface area contributed by atoms with Gasteiger partial charge in [0.25, 0.3) is 0 Å². The molecule has 2 N–H and O–H groups in total. The van der Waals surface area contributed by atoms with Gasteiger partial charge in [-0.2, -0.15) is 0 Å². The van der Waals surface area contributed by atoms with Crippen molar-refractivity contribution in [3.63, 3.8) is 0 Å². The third-order valence-corrected chi connectivity index (χ3v) is 2.56. The van der Waals surface area contributed by atoms with Crippen molar-refractivity contribution >= 4 is 12.4 Å². The number of rotatable bonds is 3. The zero-order valence-corrected chi connectivity index (χ0v) is 9.65. The Kier molecular flexibility index (Phi) is 6.74. The first-order chi connectivity index (χ1) is 5.68. The molecule has 0 saturated carbocycles. The number of halogens is 1. The van der Waals surface area contributed by atoms with Crippen molar-refractivity contribution in [2.45, 2.75) is 39.2 Å². The Hall–Kier alpha value is 0.210. The fourth-order valence-electron chi connectivity index (χ4n) is 1.74. The fraction of sp³-hybridized carbons (Fsp3) is 1.00. The second-order valence-corrected chi connectivity index (χ2v) is 4.39. The lowest BCUT2D eigenvalue weighted by Gasteiger charge is -2.31. The van der Waals surface area contributed by atoms with E-state index in [4.69, 9.17) is 5.73 Å². The van der Waals surface area contributed by atoms with Gasteiger partial charge in [-0.1, -0.05) is 13.8 Å². The number of nitrogens with zero attached hydrogens (tertiary/aromatic N) is 1. The molecule has 0 radical (unpaired) electrons. The normalized spacial score (nSPS) is 24.5. The van der Waals surface area contributed by atoms with Gasteiger partial charge in [0, 0.05) is 12.6 Å². The van der Waals surface area contributed by atoms with E-state index in [0.29, 0.717) is 6.04 Å². The van der Waals surface area contributed by atoms with Crippen molar-refractivity contribution in [3.8, 4) is 0 Å². The van der Waals surface area contributed by atoms with Gasteiger partial charge in [-0.05, 0) is 38.3 Å². The standard InChI is InChI=1S/C10H22N2.ClH/c1-9(2)5-7-12-6-3-4-10(11)8-12;/h9-10H,3-8,11H2,1-2H3;1H/t10-;/m1./s1. The second-order valence-electron chi connectivity index (χ2n) is 4.39. The van der Waals surface area contributed by atoms with Crippen molar-refractivity contribution < 1.29 is 0 Å². The highest BCUT2D eigenvalue weighted by molar-refractivity contribution is 5.85. The van der Waals surface area contributed by atoms with Gasteiger partial charge in [-0.15, -0.1) is 12.4 Å². The molecule has 0 aromatic rings. The molecule has 0 aromatic heterocycles. The number of hydrogen-bond donors (Lipinski definition) is 1. The van der Waals surface area contributed by atoms with E-state index >= 15 is 0 Å². The number of likely N-dealkylation sites (tertiary alicyclic amines) is 1. The maximum Gasteiger partial charge on any atom is 0.0168 e. The van der Waals surface area contributed by atoms with Gasteiger partial charge in [-0.3, -0.25) is 0 Å². The molecule has 1 heterocycles. The van der Waals surface area contributed by atoms with E-state index in [1.54, 1.807) is 0 Å². The highest BCUT2D eigenvalue weighted by Crippen LogP contribution is 2.10. The number of nitrogens with two attached hydrogens (primary N) is 1. The highest BCUT2D eigenvalue weighted by Gasteiger charge is 2.15. The van der Waals surface area contributed by atoms with Crippen molar-refractivity contribution in [2.75, 3.05) is 19.6 Å². The van der Waals surface area contributed by atoms with Gasteiger partial charge in [0.15, 0.2) is 0 Å². The van der Waals surface area contributed by atoms with Gasteiger partial charge in [0.05, 0.1) is 0 Å². The molecule has 13 heavy (non-hydrogen) atoms. The van der Waals surface area contributed by atoms with E-state index in [2.05, 4.69) is 18.7 Å². The summed E-state index contributed by atoms with van der Waals surface area (Å²) in [4.78, 5) is 2.51. The van der Waals surface area contributed by atoms with Crippen molar-refractivity contribution in [2.24, 2.45) is 11.7 Å². The summed E-state index contributed by atoms with van der Waals surface area (Å²) in [6.45, 7) is 8.19. The molecule has 80 valence electrons. The van der Waals surface area contributed by atoms with Gasteiger partial charge in [0.1, 0.15) is 0 Å². The van der Waals surface area contributed by atoms with Crippen LogP contribution in [0.5, 0.6) is 0 Å². The summed E-state index contributed by atoms with van der Waals surface area (Å²) in [7, 11) is 0. The molecule has 0 bridgehead atoms. The molecule has 0 spiro atoms. The SMILES string of the molecule is CC(C)CCN1CCC[C@@H](N)C1.Cl. The number of piperidine rings is 1. The highest BCUT2D eigenvalue weighted by atomic mass is 35.5. The van der Waals surface area contributed by atoms with E-state index in [1.807, 2.05) is 0 Å². The molecule has 1 rings (SSSR count). The summed E-state index contributed by atoms with van der Waals surface area (Å²) in [5, 5.41) is 0. The molecule has 1 aliphatic heterocycles. The van der Waals surface area contributed by atoms with Crippen LogP contribution in [0.25, 0.3) is 0 Å². The topological polar surface area (TPSA) is 29.3 Å². The average Bonchev–Trinajstić information content (AvgIpc) is 2.01. The first kappa shape index (κ1) is 13.2. The molecule has 1 atom stereocenters. The van der Waals surface area contributed by atoms with Crippen molar-refractivity contribution in [3.05, 3.63) is 0 Å². The Morgan fingerprint density at radius 1 is 1.46 bits per heavy atom. The predicted octanol–water partition coefficient (Wildman–Crippen LogP) is 1.88. The molecule has 1 fully saturated rings. The molecule has 0 aliphatic carbocycles. The van der Waals surface area contributed by atoms with Crippen LogP contribution in [0.2, 0.25) is 0 Å². The van der Waals surface area contributed by atoms with E-state index in [-0.39, 0.29) is 12.4 Å². The van der Waals surface area contributed by atoms with Gasteiger partial charge >= 0.3 is 0 Å². The second kappa shape index (κ2) is 6.63. The Bertz CT molecular complexity index is 128. The number of hydrogen-bond acceptors (Lipinski definition) is 2. The monoisotopic (exact) mass is 206 g/mol. The maximum absolute atomic E-state index is 5.89.